The average Bonchev–Trinajstić information content (AvgIpc) is 2.88. The van der Waals surface area contributed by atoms with E-state index < -0.39 is 0 Å². The normalized spacial score (nSPS) is 18.9. The summed E-state index contributed by atoms with van der Waals surface area (Å²) in [6.45, 7) is 5.46. The van der Waals surface area contributed by atoms with Crippen molar-refractivity contribution in [3.63, 3.8) is 0 Å². The minimum absolute atomic E-state index is 0.611. The summed E-state index contributed by atoms with van der Waals surface area (Å²) in [7, 11) is 0. The fourth-order valence-electron chi connectivity index (χ4n) is 1.95. The molecule has 0 aliphatic carbocycles. The molecule has 1 aliphatic rings. The van der Waals surface area contributed by atoms with E-state index in [1.165, 1.54) is 0 Å². The molecule has 1 atom stereocenters. The monoisotopic (exact) mass is 269 g/mol. The van der Waals surface area contributed by atoms with Crippen LogP contribution in [0.3, 0.4) is 0 Å². The Hall–Kier alpha value is -0.930. The number of benzene rings is 1. The molecule has 18 heavy (non-hydrogen) atoms. The van der Waals surface area contributed by atoms with Gasteiger partial charge in [-0.25, -0.2) is 0 Å². The van der Waals surface area contributed by atoms with Gasteiger partial charge in [0.15, 0.2) is 0 Å². The van der Waals surface area contributed by atoms with Gasteiger partial charge in [-0.2, -0.15) is 0 Å². The molecule has 4 heteroatoms. The standard InChI is InChI=1S/C14H20ClNO2/c1-2-6-18-14-4-3-12(8-13(14)15)16-9-11-5-7-17-10-11/h3-4,8,11,16H,2,5-7,9-10H2,1H3. The van der Waals surface area contributed by atoms with E-state index >= 15 is 0 Å². The van der Waals surface area contributed by atoms with E-state index in [-0.39, 0.29) is 0 Å². The van der Waals surface area contributed by atoms with E-state index in [1.54, 1.807) is 0 Å². The fourth-order valence-corrected chi connectivity index (χ4v) is 2.18. The van der Waals surface area contributed by atoms with Crippen LogP contribution >= 0.6 is 11.6 Å². The minimum atomic E-state index is 0.611. The zero-order valence-corrected chi connectivity index (χ0v) is 11.5. The van der Waals surface area contributed by atoms with Crippen LogP contribution in [0.4, 0.5) is 5.69 Å². The fraction of sp³-hybridized carbons (Fsp3) is 0.571. The zero-order chi connectivity index (χ0) is 12.8. The second-order valence-corrected chi connectivity index (χ2v) is 5.01. The highest BCUT2D eigenvalue weighted by molar-refractivity contribution is 6.32. The zero-order valence-electron chi connectivity index (χ0n) is 10.7. The molecule has 100 valence electrons. The SMILES string of the molecule is CCCOc1ccc(NCC2CCOC2)cc1Cl. The van der Waals surface area contributed by atoms with Crippen molar-refractivity contribution in [3.05, 3.63) is 23.2 Å². The Morgan fingerprint density at radius 3 is 3.06 bits per heavy atom. The molecular weight excluding hydrogens is 250 g/mol. The Balaban J connectivity index is 1.87. The molecule has 3 nitrogen and oxygen atoms in total. The van der Waals surface area contributed by atoms with Gasteiger partial charge < -0.3 is 14.8 Å². The minimum Gasteiger partial charge on any atom is -0.492 e. The number of hydrogen-bond donors (Lipinski definition) is 1. The number of anilines is 1. The van der Waals surface area contributed by atoms with Crippen molar-refractivity contribution in [1.82, 2.24) is 0 Å². The number of rotatable bonds is 6. The molecule has 1 N–H and O–H groups in total. The largest absolute Gasteiger partial charge is 0.492 e. The lowest BCUT2D eigenvalue weighted by Gasteiger charge is -2.12. The Morgan fingerprint density at radius 2 is 2.39 bits per heavy atom. The first kappa shape index (κ1) is 13.5. The molecule has 0 amide bonds. The Morgan fingerprint density at radius 1 is 1.50 bits per heavy atom. The second-order valence-electron chi connectivity index (χ2n) is 4.60. The molecule has 1 aromatic carbocycles. The molecule has 0 bridgehead atoms. The summed E-state index contributed by atoms with van der Waals surface area (Å²) in [5.74, 6) is 1.37. The number of hydrogen-bond acceptors (Lipinski definition) is 3. The lowest BCUT2D eigenvalue weighted by Crippen LogP contribution is -2.13. The maximum atomic E-state index is 6.17. The van der Waals surface area contributed by atoms with E-state index in [0.29, 0.717) is 17.5 Å². The third-order valence-corrected chi connectivity index (χ3v) is 3.31. The molecule has 1 aliphatic heterocycles. The third kappa shape index (κ3) is 3.79. The Labute approximate surface area is 113 Å². The van der Waals surface area contributed by atoms with Crippen LogP contribution < -0.4 is 10.1 Å². The molecule has 1 fully saturated rings. The van der Waals surface area contributed by atoms with E-state index in [4.69, 9.17) is 21.1 Å². The predicted octanol–water partition coefficient (Wildman–Crippen LogP) is 3.58. The van der Waals surface area contributed by atoms with Gasteiger partial charge >= 0.3 is 0 Å². The van der Waals surface area contributed by atoms with Crippen LogP contribution in [-0.4, -0.2) is 26.4 Å². The van der Waals surface area contributed by atoms with Crippen molar-refractivity contribution in [2.24, 2.45) is 5.92 Å². The molecule has 1 unspecified atom stereocenters. The molecule has 2 rings (SSSR count). The molecule has 0 aromatic heterocycles. The summed E-state index contributed by atoms with van der Waals surface area (Å²) < 4.78 is 10.9. The summed E-state index contributed by atoms with van der Waals surface area (Å²) in [5.41, 5.74) is 1.04. The molecular formula is C14H20ClNO2. The number of ether oxygens (including phenoxy) is 2. The van der Waals surface area contributed by atoms with Gasteiger partial charge in [-0.05, 0) is 31.0 Å². The van der Waals surface area contributed by atoms with Gasteiger partial charge in [0.25, 0.3) is 0 Å². The molecule has 1 aromatic rings. The summed E-state index contributed by atoms with van der Waals surface area (Å²) >= 11 is 6.17. The van der Waals surface area contributed by atoms with Gasteiger partial charge in [0, 0.05) is 24.8 Å². The molecule has 0 radical (unpaired) electrons. The summed E-state index contributed by atoms with van der Waals surface area (Å²) in [6.07, 6.45) is 2.12. The van der Waals surface area contributed by atoms with Crippen LogP contribution in [0, 0.1) is 5.92 Å². The van der Waals surface area contributed by atoms with Crippen LogP contribution in [0.25, 0.3) is 0 Å². The molecule has 0 saturated carbocycles. The van der Waals surface area contributed by atoms with Crippen LogP contribution in [0.15, 0.2) is 18.2 Å². The van der Waals surface area contributed by atoms with Crippen molar-refractivity contribution < 1.29 is 9.47 Å². The van der Waals surface area contributed by atoms with E-state index in [9.17, 15) is 0 Å². The molecule has 0 spiro atoms. The van der Waals surface area contributed by atoms with Gasteiger partial charge in [-0.15, -0.1) is 0 Å². The van der Waals surface area contributed by atoms with Gasteiger partial charge in [-0.1, -0.05) is 18.5 Å². The van der Waals surface area contributed by atoms with Crippen molar-refractivity contribution in [2.75, 3.05) is 31.7 Å². The summed E-state index contributed by atoms with van der Waals surface area (Å²) in [6, 6.07) is 5.85. The maximum Gasteiger partial charge on any atom is 0.138 e. The smallest absolute Gasteiger partial charge is 0.138 e. The van der Waals surface area contributed by atoms with Crippen molar-refractivity contribution in [3.8, 4) is 5.75 Å². The average molecular weight is 270 g/mol. The Bertz CT molecular complexity index is 378. The summed E-state index contributed by atoms with van der Waals surface area (Å²) in [5, 5.41) is 4.05. The van der Waals surface area contributed by atoms with Crippen LogP contribution in [0.1, 0.15) is 19.8 Å². The first-order chi connectivity index (χ1) is 8.79. The van der Waals surface area contributed by atoms with Crippen molar-refractivity contribution >= 4 is 17.3 Å². The molecule has 1 heterocycles. The number of halogens is 1. The first-order valence-electron chi connectivity index (χ1n) is 6.53. The highest BCUT2D eigenvalue weighted by atomic mass is 35.5. The van der Waals surface area contributed by atoms with E-state index in [0.717, 1.165) is 44.0 Å². The van der Waals surface area contributed by atoms with Gasteiger partial charge in [0.05, 0.1) is 18.2 Å². The maximum absolute atomic E-state index is 6.17. The van der Waals surface area contributed by atoms with Gasteiger partial charge in [-0.3, -0.25) is 0 Å². The van der Waals surface area contributed by atoms with Gasteiger partial charge in [0.1, 0.15) is 5.75 Å². The molecule has 1 saturated heterocycles. The second kappa shape index (κ2) is 6.86. The van der Waals surface area contributed by atoms with E-state index in [1.807, 2.05) is 18.2 Å². The first-order valence-corrected chi connectivity index (χ1v) is 6.91. The summed E-state index contributed by atoms with van der Waals surface area (Å²) in [4.78, 5) is 0. The Kier molecular flexibility index (Phi) is 5.14. The topological polar surface area (TPSA) is 30.5 Å². The lowest BCUT2D eigenvalue weighted by molar-refractivity contribution is 0.187. The van der Waals surface area contributed by atoms with Crippen LogP contribution in [0.5, 0.6) is 5.75 Å². The van der Waals surface area contributed by atoms with Crippen molar-refractivity contribution in [1.29, 1.82) is 0 Å². The lowest BCUT2D eigenvalue weighted by atomic mass is 10.1. The highest BCUT2D eigenvalue weighted by Gasteiger charge is 2.15. The van der Waals surface area contributed by atoms with Gasteiger partial charge in [0.2, 0.25) is 0 Å². The number of nitrogens with one attached hydrogen (secondary N) is 1. The highest BCUT2D eigenvalue weighted by Crippen LogP contribution is 2.28. The van der Waals surface area contributed by atoms with E-state index in [2.05, 4.69) is 12.2 Å². The predicted molar refractivity (Wildman–Crippen MR) is 74.7 cm³/mol. The van der Waals surface area contributed by atoms with Crippen LogP contribution in [0.2, 0.25) is 5.02 Å². The third-order valence-electron chi connectivity index (χ3n) is 3.01. The quantitative estimate of drug-likeness (QED) is 0.856. The van der Waals surface area contributed by atoms with Crippen LogP contribution in [-0.2, 0) is 4.74 Å². The van der Waals surface area contributed by atoms with Crippen molar-refractivity contribution in [2.45, 2.75) is 19.8 Å².